The molecule has 1 aromatic rings. The smallest absolute Gasteiger partial charge is 0.159 e. The maximum Gasteiger partial charge on any atom is 0.159 e. The Balaban J connectivity index is 2.26. The van der Waals surface area contributed by atoms with E-state index in [1.165, 1.54) is 5.56 Å². The van der Waals surface area contributed by atoms with E-state index in [9.17, 15) is 4.79 Å². The fraction of sp³-hybridized carbons (Fsp3) is 0.417. The zero-order chi connectivity index (χ0) is 10.2. The molecule has 2 heteroatoms. The van der Waals surface area contributed by atoms with Crippen LogP contribution in [0.15, 0.2) is 24.3 Å². The van der Waals surface area contributed by atoms with Crippen LogP contribution >= 0.6 is 0 Å². The Bertz CT molecular complexity index is 347. The Labute approximate surface area is 83.9 Å². The molecule has 1 aliphatic rings. The van der Waals surface area contributed by atoms with Gasteiger partial charge in [-0.15, -0.1) is 0 Å². The number of carbonyl (C=O) groups is 1. The first-order chi connectivity index (χ1) is 6.68. The van der Waals surface area contributed by atoms with Gasteiger partial charge in [-0.05, 0) is 25.3 Å². The van der Waals surface area contributed by atoms with Gasteiger partial charge in [0.15, 0.2) is 5.78 Å². The Hall–Kier alpha value is -1.15. The molecule has 2 rings (SSSR count). The number of methoxy groups -OCH3 is 1. The van der Waals surface area contributed by atoms with E-state index in [4.69, 9.17) is 4.74 Å². The summed E-state index contributed by atoms with van der Waals surface area (Å²) in [5, 5.41) is 0. The summed E-state index contributed by atoms with van der Waals surface area (Å²) >= 11 is 0. The van der Waals surface area contributed by atoms with Gasteiger partial charge in [0.1, 0.15) is 0 Å². The maximum atomic E-state index is 11.1. The summed E-state index contributed by atoms with van der Waals surface area (Å²) < 4.78 is 5.45. The number of Topliss-reactive ketones (excluding diaryl/α,β-unsaturated/α-hetero) is 1. The molecule has 0 bridgehead atoms. The highest BCUT2D eigenvalue weighted by atomic mass is 16.5. The number of ether oxygens (including phenoxy) is 1. The monoisotopic (exact) mass is 190 g/mol. The van der Waals surface area contributed by atoms with Crippen LogP contribution in [0.3, 0.4) is 0 Å². The summed E-state index contributed by atoms with van der Waals surface area (Å²) in [5.41, 5.74) is 1.90. The van der Waals surface area contributed by atoms with Gasteiger partial charge < -0.3 is 4.74 Å². The normalized spacial score (nSPS) is 17.9. The van der Waals surface area contributed by atoms with Crippen molar-refractivity contribution >= 4 is 5.78 Å². The van der Waals surface area contributed by atoms with Crippen molar-refractivity contribution < 1.29 is 9.53 Å². The third kappa shape index (κ3) is 1.46. The molecule has 1 fully saturated rings. The number of rotatable bonds is 3. The van der Waals surface area contributed by atoms with Crippen LogP contribution in [-0.2, 0) is 10.3 Å². The minimum atomic E-state index is -0.0463. The number of hydrogen-bond donors (Lipinski definition) is 0. The Kier molecular flexibility index (Phi) is 2.16. The standard InChI is InChI=1S/C12H14O2/c1-9(13)10-3-5-11(6-4-10)12(14-2)7-8-12/h3-6H,7-8H2,1-2H3. The van der Waals surface area contributed by atoms with Gasteiger partial charge in [0.25, 0.3) is 0 Å². The van der Waals surface area contributed by atoms with Gasteiger partial charge in [0, 0.05) is 12.7 Å². The minimum absolute atomic E-state index is 0.0463. The van der Waals surface area contributed by atoms with Crippen LogP contribution < -0.4 is 0 Å². The van der Waals surface area contributed by atoms with Crippen LogP contribution in [0.1, 0.15) is 35.7 Å². The Morgan fingerprint density at radius 3 is 2.21 bits per heavy atom. The molecule has 0 aliphatic heterocycles. The Morgan fingerprint density at radius 2 is 1.86 bits per heavy atom. The van der Waals surface area contributed by atoms with E-state index in [1.54, 1.807) is 14.0 Å². The van der Waals surface area contributed by atoms with Gasteiger partial charge >= 0.3 is 0 Å². The van der Waals surface area contributed by atoms with Crippen LogP contribution in [0.2, 0.25) is 0 Å². The number of ketones is 1. The minimum Gasteiger partial charge on any atom is -0.374 e. The first-order valence-corrected chi connectivity index (χ1v) is 4.84. The van der Waals surface area contributed by atoms with Crippen molar-refractivity contribution in [2.24, 2.45) is 0 Å². The maximum absolute atomic E-state index is 11.1. The zero-order valence-electron chi connectivity index (χ0n) is 8.54. The number of benzene rings is 1. The van der Waals surface area contributed by atoms with Gasteiger partial charge in [0.2, 0.25) is 0 Å². The van der Waals surface area contributed by atoms with E-state index in [2.05, 4.69) is 0 Å². The lowest BCUT2D eigenvalue weighted by molar-refractivity contribution is 0.0788. The highest BCUT2D eigenvalue weighted by molar-refractivity contribution is 5.94. The van der Waals surface area contributed by atoms with E-state index < -0.39 is 0 Å². The average Bonchev–Trinajstić information content (AvgIpc) is 2.99. The largest absolute Gasteiger partial charge is 0.374 e. The van der Waals surface area contributed by atoms with E-state index in [0.29, 0.717) is 0 Å². The number of carbonyl (C=O) groups excluding carboxylic acids is 1. The first-order valence-electron chi connectivity index (χ1n) is 4.84. The van der Waals surface area contributed by atoms with Crippen molar-refractivity contribution in [3.63, 3.8) is 0 Å². The molecule has 0 heterocycles. The molecule has 0 N–H and O–H groups in total. The molecule has 1 aromatic carbocycles. The molecule has 1 saturated carbocycles. The number of hydrogen-bond acceptors (Lipinski definition) is 2. The van der Waals surface area contributed by atoms with Gasteiger partial charge in [-0.25, -0.2) is 0 Å². The first kappa shape index (κ1) is 9.41. The molecule has 0 amide bonds. The van der Waals surface area contributed by atoms with Crippen molar-refractivity contribution in [1.29, 1.82) is 0 Å². The molecule has 0 unspecified atom stereocenters. The van der Waals surface area contributed by atoms with E-state index in [-0.39, 0.29) is 11.4 Å². The van der Waals surface area contributed by atoms with E-state index in [1.807, 2.05) is 24.3 Å². The highest BCUT2D eigenvalue weighted by Gasteiger charge is 2.44. The molecule has 0 atom stereocenters. The SMILES string of the molecule is COC1(c2ccc(C(C)=O)cc2)CC1. The van der Waals surface area contributed by atoms with Crippen LogP contribution in [0.5, 0.6) is 0 Å². The van der Waals surface area contributed by atoms with Crippen molar-refractivity contribution in [3.8, 4) is 0 Å². The lowest BCUT2D eigenvalue weighted by atomic mass is 10.0. The van der Waals surface area contributed by atoms with Crippen LogP contribution in [0, 0.1) is 0 Å². The molecule has 1 aliphatic carbocycles. The molecule has 0 saturated heterocycles. The molecule has 2 nitrogen and oxygen atoms in total. The third-order valence-electron chi connectivity index (χ3n) is 2.91. The fourth-order valence-electron chi connectivity index (χ4n) is 1.73. The second kappa shape index (κ2) is 3.21. The lowest BCUT2D eigenvalue weighted by Gasteiger charge is -2.13. The molecular formula is C12H14O2. The van der Waals surface area contributed by atoms with Gasteiger partial charge in [-0.2, -0.15) is 0 Å². The predicted molar refractivity (Wildman–Crippen MR) is 54.4 cm³/mol. The van der Waals surface area contributed by atoms with Crippen LogP contribution in [0.4, 0.5) is 0 Å². The average molecular weight is 190 g/mol. The summed E-state index contributed by atoms with van der Waals surface area (Å²) in [7, 11) is 1.74. The van der Waals surface area contributed by atoms with Crippen molar-refractivity contribution in [2.75, 3.05) is 7.11 Å². The molecular weight excluding hydrogens is 176 g/mol. The summed E-state index contributed by atoms with van der Waals surface area (Å²) in [6.07, 6.45) is 2.17. The quantitative estimate of drug-likeness (QED) is 0.684. The van der Waals surface area contributed by atoms with Crippen LogP contribution in [-0.4, -0.2) is 12.9 Å². The van der Waals surface area contributed by atoms with Crippen molar-refractivity contribution in [1.82, 2.24) is 0 Å². The molecule has 0 spiro atoms. The molecule has 0 radical (unpaired) electrons. The lowest BCUT2D eigenvalue weighted by Crippen LogP contribution is -2.08. The Morgan fingerprint density at radius 1 is 1.29 bits per heavy atom. The van der Waals surface area contributed by atoms with Gasteiger partial charge in [-0.3, -0.25) is 4.79 Å². The zero-order valence-corrected chi connectivity index (χ0v) is 8.54. The summed E-state index contributed by atoms with van der Waals surface area (Å²) in [4.78, 5) is 11.1. The second-order valence-electron chi connectivity index (χ2n) is 3.83. The topological polar surface area (TPSA) is 26.3 Å². The van der Waals surface area contributed by atoms with E-state index in [0.717, 1.165) is 18.4 Å². The second-order valence-corrected chi connectivity index (χ2v) is 3.83. The van der Waals surface area contributed by atoms with Crippen molar-refractivity contribution in [2.45, 2.75) is 25.4 Å². The molecule has 74 valence electrons. The van der Waals surface area contributed by atoms with Crippen LogP contribution in [0.25, 0.3) is 0 Å². The highest BCUT2D eigenvalue weighted by Crippen LogP contribution is 2.48. The molecule has 0 aromatic heterocycles. The predicted octanol–water partition coefficient (Wildman–Crippen LogP) is 2.52. The molecule has 14 heavy (non-hydrogen) atoms. The van der Waals surface area contributed by atoms with Gasteiger partial charge in [-0.1, -0.05) is 24.3 Å². The third-order valence-corrected chi connectivity index (χ3v) is 2.91. The summed E-state index contributed by atoms with van der Waals surface area (Å²) in [5.74, 6) is 0.110. The van der Waals surface area contributed by atoms with Crippen molar-refractivity contribution in [3.05, 3.63) is 35.4 Å². The summed E-state index contributed by atoms with van der Waals surface area (Å²) in [6, 6.07) is 7.73. The van der Waals surface area contributed by atoms with E-state index >= 15 is 0 Å². The van der Waals surface area contributed by atoms with Gasteiger partial charge in [0.05, 0.1) is 5.60 Å². The summed E-state index contributed by atoms with van der Waals surface area (Å²) in [6.45, 7) is 1.58. The fourth-order valence-corrected chi connectivity index (χ4v) is 1.73.